The summed E-state index contributed by atoms with van der Waals surface area (Å²) in [6.45, 7) is 9.51. The van der Waals surface area contributed by atoms with E-state index in [1.807, 2.05) is 68.3 Å². The Morgan fingerprint density at radius 2 is 1.62 bits per heavy atom. The first-order chi connectivity index (χ1) is 28.8. The lowest BCUT2D eigenvalue weighted by atomic mass is 9.86. The molecule has 2 aliphatic heterocycles. The molecule has 322 valence electrons. The quantitative estimate of drug-likeness (QED) is 0.129. The normalized spacial score (nSPS) is 21.4. The van der Waals surface area contributed by atoms with Gasteiger partial charge in [0.05, 0.1) is 34.9 Å². The molecule has 11 nitrogen and oxygen atoms in total. The number of hydrogen-bond acceptors (Lipinski definition) is 8. The summed E-state index contributed by atoms with van der Waals surface area (Å²) >= 11 is 0. The number of nitrogens with one attached hydrogen (secondary N) is 1. The Kier molecular flexibility index (Phi) is 13.6. The monoisotopic (exact) mass is 826 g/mol. The van der Waals surface area contributed by atoms with E-state index in [0.29, 0.717) is 69.8 Å². The largest absolute Gasteiger partial charge is 0.444 e. The number of piperazine rings is 1. The van der Waals surface area contributed by atoms with E-state index >= 15 is 0 Å². The highest BCUT2D eigenvalue weighted by Gasteiger charge is 2.40. The zero-order valence-electron chi connectivity index (χ0n) is 35.3. The van der Waals surface area contributed by atoms with Gasteiger partial charge in [0.1, 0.15) is 5.60 Å². The molecule has 4 aliphatic rings. The number of nitrogens with zero attached hydrogens (tertiary/aromatic N) is 5. The highest BCUT2D eigenvalue weighted by Crippen LogP contribution is 2.37. The Bertz CT molecular complexity index is 1950. The predicted molar refractivity (Wildman–Crippen MR) is 225 cm³/mol. The van der Waals surface area contributed by atoms with E-state index in [9.17, 15) is 28.0 Å². The van der Waals surface area contributed by atoms with Gasteiger partial charge in [0.25, 0.3) is 11.8 Å². The molecule has 13 heteroatoms. The van der Waals surface area contributed by atoms with E-state index < -0.39 is 17.4 Å². The summed E-state index contributed by atoms with van der Waals surface area (Å²) in [7, 11) is 0. The minimum atomic E-state index is -2.71. The van der Waals surface area contributed by atoms with Gasteiger partial charge in [-0.15, -0.1) is 0 Å². The molecule has 1 aromatic heterocycles. The van der Waals surface area contributed by atoms with Crippen molar-refractivity contribution >= 4 is 23.8 Å². The summed E-state index contributed by atoms with van der Waals surface area (Å²) in [5.74, 6) is -3.81. The summed E-state index contributed by atoms with van der Waals surface area (Å²) in [6.07, 6.45) is 6.17. The van der Waals surface area contributed by atoms with Crippen LogP contribution in [0, 0.1) is 5.92 Å². The molecular formula is C47H60F2N6O5. The van der Waals surface area contributed by atoms with Gasteiger partial charge in [0.2, 0.25) is 11.8 Å². The fourth-order valence-corrected chi connectivity index (χ4v) is 9.36. The predicted octanol–water partition coefficient (Wildman–Crippen LogP) is 7.83. The number of fused-ring (bicyclic) bond motifs is 2. The Hall–Kier alpha value is -4.75. The molecule has 0 radical (unpaired) electrons. The average molecular weight is 827 g/mol. The summed E-state index contributed by atoms with van der Waals surface area (Å²) in [4.78, 5) is 66.5. The van der Waals surface area contributed by atoms with E-state index in [2.05, 4.69) is 21.2 Å². The van der Waals surface area contributed by atoms with Gasteiger partial charge in [0.15, 0.2) is 0 Å². The lowest BCUT2D eigenvalue weighted by Gasteiger charge is -2.45. The zero-order valence-corrected chi connectivity index (χ0v) is 35.3. The smallest absolute Gasteiger partial charge is 0.410 e. The van der Waals surface area contributed by atoms with E-state index in [-0.39, 0.29) is 67.6 Å². The fourth-order valence-electron chi connectivity index (χ4n) is 9.36. The molecule has 7 rings (SSSR count). The molecule has 0 bridgehead atoms. The van der Waals surface area contributed by atoms with Gasteiger partial charge in [-0.25, -0.2) is 13.6 Å². The maximum atomic E-state index is 13.9. The van der Waals surface area contributed by atoms with Gasteiger partial charge in [-0.1, -0.05) is 48.5 Å². The van der Waals surface area contributed by atoms with Crippen LogP contribution in [0.4, 0.5) is 13.6 Å². The molecule has 2 aliphatic carbocycles. The Morgan fingerprint density at radius 3 is 2.32 bits per heavy atom. The number of alkyl halides is 2. The maximum Gasteiger partial charge on any atom is 0.410 e. The van der Waals surface area contributed by atoms with Crippen molar-refractivity contribution in [3.8, 4) is 0 Å². The van der Waals surface area contributed by atoms with Crippen LogP contribution in [0.15, 0.2) is 72.9 Å². The van der Waals surface area contributed by atoms with Crippen molar-refractivity contribution in [2.24, 2.45) is 5.92 Å². The number of carbonyl (C=O) groups is 4. The first kappa shape index (κ1) is 43.3. The van der Waals surface area contributed by atoms with Crippen LogP contribution in [0.1, 0.15) is 128 Å². The van der Waals surface area contributed by atoms with Crippen LogP contribution in [-0.4, -0.2) is 112 Å². The topological polar surface area (TPSA) is 115 Å². The third kappa shape index (κ3) is 10.6. The van der Waals surface area contributed by atoms with Gasteiger partial charge >= 0.3 is 6.09 Å². The van der Waals surface area contributed by atoms with Gasteiger partial charge in [0, 0.05) is 64.2 Å². The second kappa shape index (κ2) is 18.9. The molecule has 3 atom stereocenters. The molecule has 2 fully saturated rings. The van der Waals surface area contributed by atoms with E-state index in [0.717, 1.165) is 36.9 Å². The van der Waals surface area contributed by atoms with Crippen LogP contribution in [0.3, 0.4) is 0 Å². The molecule has 4 amide bonds. The molecule has 2 aromatic carbocycles. The summed E-state index contributed by atoms with van der Waals surface area (Å²) < 4.78 is 33.9. The number of amides is 4. The van der Waals surface area contributed by atoms with Crippen LogP contribution in [0.5, 0.6) is 0 Å². The minimum Gasteiger partial charge on any atom is -0.444 e. The first-order valence-corrected chi connectivity index (χ1v) is 21.8. The summed E-state index contributed by atoms with van der Waals surface area (Å²) in [5, 5.41) is 3.22. The molecule has 1 N–H and O–H groups in total. The molecule has 1 saturated carbocycles. The number of aromatic nitrogens is 1. The third-order valence-electron chi connectivity index (χ3n) is 12.5. The SMILES string of the molecule is CC(C)(C)OC(=O)N1CCN(CC[C@H](NC(=O)C2CCC(F)(F)CC2)c2ccccc2)C[C@@H]1CN(CCCCN1C(=O)c2ccccc2C1=O)[C@H]1CCCc2cccnc21. The third-order valence-corrected chi connectivity index (χ3v) is 12.5. The second-order valence-corrected chi connectivity index (χ2v) is 18.0. The Morgan fingerprint density at radius 1 is 0.917 bits per heavy atom. The molecule has 1 saturated heterocycles. The number of rotatable bonds is 14. The highest BCUT2D eigenvalue weighted by molar-refractivity contribution is 6.21. The van der Waals surface area contributed by atoms with Crippen molar-refractivity contribution in [2.75, 3.05) is 45.8 Å². The molecule has 0 unspecified atom stereocenters. The number of unbranched alkanes of at least 4 members (excludes halogenated alkanes) is 1. The van der Waals surface area contributed by atoms with Gasteiger partial charge < -0.3 is 15.0 Å². The number of pyridine rings is 1. The average Bonchev–Trinajstić information content (AvgIpc) is 3.47. The van der Waals surface area contributed by atoms with E-state index in [4.69, 9.17) is 9.72 Å². The van der Waals surface area contributed by atoms with Crippen molar-refractivity contribution in [1.29, 1.82) is 0 Å². The van der Waals surface area contributed by atoms with Crippen LogP contribution in [-0.2, 0) is 16.0 Å². The van der Waals surface area contributed by atoms with Crippen molar-refractivity contribution in [3.05, 3.63) is 101 Å². The van der Waals surface area contributed by atoms with Crippen molar-refractivity contribution in [1.82, 2.24) is 29.9 Å². The second-order valence-electron chi connectivity index (χ2n) is 18.0. The minimum absolute atomic E-state index is 0.0301. The van der Waals surface area contributed by atoms with Crippen molar-refractivity contribution in [3.63, 3.8) is 0 Å². The Balaban J connectivity index is 1.07. The van der Waals surface area contributed by atoms with Crippen molar-refractivity contribution < 1.29 is 32.7 Å². The van der Waals surface area contributed by atoms with Gasteiger partial charge in [-0.2, -0.15) is 0 Å². The van der Waals surface area contributed by atoms with E-state index in [1.165, 1.54) is 10.5 Å². The molecule has 3 heterocycles. The van der Waals surface area contributed by atoms with Crippen LogP contribution >= 0.6 is 0 Å². The summed E-state index contributed by atoms with van der Waals surface area (Å²) in [5.41, 5.74) is 3.48. The van der Waals surface area contributed by atoms with E-state index in [1.54, 1.807) is 24.3 Å². The van der Waals surface area contributed by atoms with Crippen LogP contribution in [0.2, 0.25) is 0 Å². The highest BCUT2D eigenvalue weighted by atomic mass is 19.3. The molecular weight excluding hydrogens is 767 g/mol. The standard InChI is InChI=1S/C47H60F2N6O5/c1-46(2,3)60-45(59)54-30-29-52(28-22-39(33-13-5-4-6-14-33)51-42(56)35-20-23-47(48,49)24-21-35)31-36(54)32-53(40-19-11-15-34-16-12-25-50-41(34)40)26-9-10-27-55-43(57)37-17-7-8-18-38(37)44(55)58/h4-8,12-14,16-18,25,35-36,39-40H,9-11,15,19-24,26-32H2,1-3H3,(H,51,56)/t36-,39+,40+/m1/s1. The number of carbonyl (C=O) groups excluding carboxylic acids is 4. The lowest BCUT2D eigenvalue weighted by Crippen LogP contribution is -2.60. The molecule has 0 spiro atoms. The number of hydrogen-bond donors (Lipinski definition) is 1. The molecule has 60 heavy (non-hydrogen) atoms. The Labute approximate surface area is 352 Å². The number of aryl methyl sites for hydroxylation is 1. The molecule has 3 aromatic rings. The summed E-state index contributed by atoms with van der Waals surface area (Å²) in [6, 6.07) is 20.4. The lowest BCUT2D eigenvalue weighted by molar-refractivity contribution is -0.130. The first-order valence-electron chi connectivity index (χ1n) is 21.8. The number of ether oxygens (including phenoxy) is 1. The fraction of sp³-hybridized carbons (Fsp3) is 0.553. The van der Waals surface area contributed by atoms with Gasteiger partial charge in [-0.3, -0.25) is 34.1 Å². The van der Waals surface area contributed by atoms with Crippen LogP contribution in [0.25, 0.3) is 0 Å². The number of halogens is 2. The number of benzene rings is 2. The zero-order chi connectivity index (χ0) is 42.4. The van der Waals surface area contributed by atoms with Crippen LogP contribution < -0.4 is 5.32 Å². The number of imide groups is 1. The maximum absolute atomic E-state index is 13.9. The van der Waals surface area contributed by atoms with Gasteiger partial charge in [-0.05, 0) is 108 Å². The van der Waals surface area contributed by atoms with Crippen molar-refractivity contribution in [2.45, 2.75) is 115 Å².